The highest BCUT2D eigenvalue weighted by molar-refractivity contribution is 7.90. The molecule has 1 fully saturated rings. The molecule has 0 radical (unpaired) electrons. The minimum Gasteiger partial charge on any atom is -0.446 e. The van der Waals surface area contributed by atoms with Crippen molar-refractivity contribution < 1.29 is 17.9 Å². The summed E-state index contributed by atoms with van der Waals surface area (Å²) >= 11 is 0. The average Bonchev–Trinajstić information content (AvgIpc) is 2.62. The standard InChI is InChI=1S/C18H29N3O4S/c1-3-4-6-9-15(2)25-18(22)20-26(23,24)16-10-11-17(19-14-16)21-12-7-5-8-13-21/h10-11,14-15H,3-9,12-13H2,1-2H3,(H,20,22). The van der Waals surface area contributed by atoms with Gasteiger partial charge in [-0.2, -0.15) is 0 Å². The zero-order valence-electron chi connectivity index (χ0n) is 15.6. The minimum atomic E-state index is -3.98. The lowest BCUT2D eigenvalue weighted by Crippen LogP contribution is -2.33. The Morgan fingerprint density at radius 1 is 1.27 bits per heavy atom. The van der Waals surface area contributed by atoms with Crippen molar-refractivity contribution in [2.45, 2.75) is 69.8 Å². The Bertz CT molecular complexity index is 670. The van der Waals surface area contributed by atoms with Crippen LogP contribution in [0.4, 0.5) is 10.6 Å². The normalized spacial score (nSPS) is 16.2. The van der Waals surface area contributed by atoms with Gasteiger partial charge >= 0.3 is 6.09 Å². The van der Waals surface area contributed by atoms with Crippen LogP contribution in [0.15, 0.2) is 23.2 Å². The topological polar surface area (TPSA) is 88.6 Å². The monoisotopic (exact) mass is 383 g/mol. The van der Waals surface area contributed by atoms with Crippen LogP contribution in [0.2, 0.25) is 0 Å². The van der Waals surface area contributed by atoms with Gasteiger partial charge in [0.25, 0.3) is 10.0 Å². The predicted octanol–water partition coefficient (Wildman–Crippen LogP) is 3.46. The first-order valence-electron chi connectivity index (χ1n) is 9.37. The predicted molar refractivity (Wildman–Crippen MR) is 101 cm³/mol. The molecular weight excluding hydrogens is 354 g/mol. The number of hydrogen-bond acceptors (Lipinski definition) is 6. The van der Waals surface area contributed by atoms with Gasteiger partial charge in [0, 0.05) is 19.3 Å². The van der Waals surface area contributed by atoms with Crippen molar-refractivity contribution in [1.29, 1.82) is 0 Å². The number of pyridine rings is 1. The molecule has 1 saturated heterocycles. The summed E-state index contributed by atoms with van der Waals surface area (Å²) in [5.74, 6) is 0.760. The van der Waals surface area contributed by atoms with Crippen molar-refractivity contribution in [3.63, 3.8) is 0 Å². The first kappa shape index (κ1) is 20.5. The summed E-state index contributed by atoms with van der Waals surface area (Å²) in [6.07, 6.45) is 7.25. The molecule has 1 atom stereocenters. The van der Waals surface area contributed by atoms with Gasteiger partial charge < -0.3 is 9.64 Å². The molecule has 2 heterocycles. The second kappa shape index (κ2) is 9.75. The number of nitrogens with zero attached hydrogens (tertiary/aromatic N) is 2. The number of carbonyl (C=O) groups is 1. The molecule has 7 nitrogen and oxygen atoms in total. The van der Waals surface area contributed by atoms with Gasteiger partial charge in [0.05, 0.1) is 0 Å². The SMILES string of the molecule is CCCCCC(C)OC(=O)NS(=O)(=O)c1ccc(N2CCCCC2)nc1. The minimum absolute atomic E-state index is 0.0474. The number of aromatic nitrogens is 1. The molecule has 2 rings (SSSR count). The average molecular weight is 384 g/mol. The molecule has 1 unspecified atom stereocenters. The maximum absolute atomic E-state index is 12.3. The molecule has 0 bridgehead atoms. The number of nitrogens with one attached hydrogen (secondary N) is 1. The lowest BCUT2D eigenvalue weighted by atomic mass is 10.1. The van der Waals surface area contributed by atoms with Gasteiger partial charge in [-0.05, 0) is 51.2 Å². The van der Waals surface area contributed by atoms with Crippen LogP contribution in [0.25, 0.3) is 0 Å². The van der Waals surface area contributed by atoms with Gasteiger partial charge in [0.15, 0.2) is 0 Å². The number of amides is 1. The summed E-state index contributed by atoms with van der Waals surface area (Å²) in [6, 6.07) is 3.15. The van der Waals surface area contributed by atoms with E-state index in [1.165, 1.54) is 18.7 Å². The van der Waals surface area contributed by atoms with E-state index in [0.29, 0.717) is 6.42 Å². The van der Waals surface area contributed by atoms with Gasteiger partial charge in [0.1, 0.15) is 16.8 Å². The highest BCUT2D eigenvalue weighted by atomic mass is 32.2. The van der Waals surface area contributed by atoms with Crippen LogP contribution in [-0.2, 0) is 14.8 Å². The maximum atomic E-state index is 12.3. The zero-order chi connectivity index (χ0) is 19.0. The molecule has 1 N–H and O–H groups in total. The fourth-order valence-electron chi connectivity index (χ4n) is 2.96. The number of piperidine rings is 1. The van der Waals surface area contributed by atoms with Crippen LogP contribution in [0.1, 0.15) is 58.8 Å². The van der Waals surface area contributed by atoms with Gasteiger partial charge in [-0.1, -0.05) is 19.8 Å². The lowest BCUT2D eigenvalue weighted by Gasteiger charge is -2.27. The van der Waals surface area contributed by atoms with Crippen molar-refractivity contribution in [2.24, 2.45) is 0 Å². The number of unbranched alkanes of at least 4 members (excludes halogenated alkanes) is 2. The van der Waals surface area contributed by atoms with E-state index < -0.39 is 16.1 Å². The first-order chi connectivity index (χ1) is 12.4. The van der Waals surface area contributed by atoms with E-state index in [2.05, 4.69) is 16.8 Å². The molecule has 1 aromatic rings. The number of rotatable bonds is 8. The van der Waals surface area contributed by atoms with E-state index in [1.807, 2.05) is 4.72 Å². The van der Waals surface area contributed by atoms with Gasteiger partial charge in [0.2, 0.25) is 0 Å². The number of sulfonamides is 1. The van der Waals surface area contributed by atoms with Crippen LogP contribution in [0.3, 0.4) is 0 Å². The van der Waals surface area contributed by atoms with Crippen LogP contribution in [0.5, 0.6) is 0 Å². The Kier molecular flexibility index (Phi) is 7.68. The second-order valence-electron chi connectivity index (χ2n) is 6.72. The Morgan fingerprint density at radius 2 is 2.00 bits per heavy atom. The molecule has 0 aliphatic carbocycles. The molecule has 1 aliphatic heterocycles. The molecule has 26 heavy (non-hydrogen) atoms. The van der Waals surface area contributed by atoms with Crippen LogP contribution >= 0.6 is 0 Å². The van der Waals surface area contributed by atoms with E-state index in [9.17, 15) is 13.2 Å². The summed E-state index contributed by atoms with van der Waals surface area (Å²) in [5.41, 5.74) is 0. The van der Waals surface area contributed by atoms with E-state index in [-0.39, 0.29) is 11.0 Å². The molecule has 8 heteroatoms. The molecular formula is C18H29N3O4S. The summed E-state index contributed by atoms with van der Waals surface area (Å²) in [7, 11) is -3.98. The van der Waals surface area contributed by atoms with E-state index in [1.54, 1.807) is 13.0 Å². The third kappa shape index (κ3) is 6.16. The second-order valence-corrected chi connectivity index (χ2v) is 8.40. The summed E-state index contributed by atoms with van der Waals surface area (Å²) in [6.45, 7) is 5.71. The largest absolute Gasteiger partial charge is 0.446 e. The summed E-state index contributed by atoms with van der Waals surface area (Å²) in [4.78, 5) is 18.2. The lowest BCUT2D eigenvalue weighted by molar-refractivity contribution is 0.106. The van der Waals surface area contributed by atoms with Crippen LogP contribution < -0.4 is 9.62 Å². The third-order valence-electron chi connectivity index (χ3n) is 4.45. The van der Waals surface area contributed by atoms with E-state index >= 15 is 0 Å². The maximum Gasteiger partial charge on any atom is 0.421 e. The molecule has 0 spiro atoms. The molecule has 0 aromatic carbocycles. The molecule has 1 amide bonds. The Hall–Kier alpha value is -1.83. The smallest absolute Gasteiger partial charge is 0.421 e. The van der Waals surface area contributed by atoms with Crippen molar-refractivity contribution >= 4 is 21.9 Å². The van der Waals surface area contributed by atoms with Crippen molar-refractivity contribution in [3.8, 4) is 0 Å². The Balaban J connectivity index is 1.91. The van der Waals surface area contributed by atoms with Gasteiger partial charge in [-0.15, -0.1) is 0 Å². The molecule has 1 aliphatic rings. The van der Waals surface area contributed by atoms with Crippen molar-refractivity contribution in [3.05, 3.63) is 18.3 Å². The van der Waals surface area contributed by atoms with Crippen LogP contribution in [-0.4, -0.2) is 38.7 Å². The number of anilines is 1. The summed E-state index contributed by atoms with van der Waals surface area (Å²) in [5, 5.41) is 0. The quantitative estimate of drug-likeness (QED) is 0.692. The highest BCUT2D eigenvalue weighted by Gasteiger charge is 2.21. The van der Waals surface area contributed by atoms with Crippen molar-refractivity contribution in [2.75, 3.05) is 18.0 Å². The van der Waals surface area contributed by atoms with Gasteiger partial charge in [-0.25, -0.2) is 22.9 Å². The fraction of sp³-hybridized carbons (Fsp3) is 0.667. The van der Waals surface area contributed by atoms with Gasteiger partial charge in [-0.3, -0.25) is 0 Å². The summed E-state index contributed by atoms with van der Waals surface area (Å²) < 4.78 is 31.7. The molecule has 146 valence electrons. The fourth-order valence-corrected chi connectivity index (χ4v) is 3.78. The Labute approximate surface area is 156 Å². The number of carbonyl (C=O) groups excluding carboxylic acids is 1. The molecule has 1 aromatic heterocycles. The van der Waals surface area contributed by atoms with E-state index in [0.717, 1.165) is 51.0 Å². The molecule has 0 saturated carbocycles. The zero-order valence-corrected chi connectivity index (χ0v) is 16.4. The number of hydrogen-bond donors (Lipinski definition) is 1. The van der Waals surface area contributed by atoms with Crippen molar-refractivity contribution in [1.82, 2.24) is 9.71 Å². The Morgan fingerprint density at radius 3 is 2.62 bits per heavy atom. The number of ether oxygens (including phenoxy) is 1. The first-order valence-corrected chi connectivity index (χ1v) is 10.8. The third-order valence-corrected chi connectivity index (χ3v) is 5.75. The van der Waals surface area contributed by atoms with Crippen LogP contribution in [0, 0.1) is 0 Å². The highest BCUT2D eigenvalue weighted by Crippen LogP contribution is 2.19. The van der Waals surface area contributed by atoms with E-state index in [4.69, 9.17) is 4.74 Å².